The number of hydrogen-bond acceptors (Lipinski definition) is 3. The summed E-state index contributed by atoms with van der Waals surface area (Å²) in [5, 5.41) is 1.18. The normalized spacial score (nSPS) is 21.1. The predicted molar refractivity (Wildman–Crippen MR) is 91.2 cm³/mol. The molecule has 2 atom stereocenters. The molecule has 1 aromatic rings. The average molecular weight is 330 g/mol. The minimum Gasteiger partial charge on any atom is -0.324 e. The van der Waals surface area contributed by atoms with Crippen LogP contribution in [0, 0.1) is 0 Å². The predicted octanol–water partition coefficient (Wildman–Crippen LogP) is 3.41. The van der Waals surface area contributed by atoms with Gasteiger partial charge in [-0.25, -0.2) is 0 Å². The maximum atomic E-state index is 6.31. The van der Waals surface area contributed by atoms with Crippen molar-refractivity contribution in [1.29, 1.82) is 0 Å². The van der Waals surface area contributed by atoms with E-state index < -0.39 is 0 Å². The van der Waals surface area contributed by atoms with E-state index >= 15 is 0 Å². The van der Waals surface area contributed by atoms with Crippen molar-refractivity contribution in [3.8, 4) is 0 Å². The van der Waals surface area contributed by atoms with Crippen molar-refractivity contribution in [3.63, 3.8) is 0 Å². The van der Waals surface area contributed by atoms with Gasteiger partial charge in [-0.3, -0.25) is 4.90 Å². The zero-order chi connectivity index (χ0) is 15.4. The Hall–Kier alpha value is -0.320. The minimum atomic E-state index is -0.0585. The summed E-state index contributed by atoms with van der Waals surface area (Å²) in [5.41, 5.74) is 7.26. The first-order valence-corrected chi connectivity index (χ1v) is 8.33. The lowest BCUT2D eigenvalue weighted by atomic mass is 10.0. The molecular weight excluding hydrogens is 305 g/mol. The lowest BCUT2D eigenvalue weighted by Gasteiger charge is -2.28. The fraction of sp³-hybridized carbons (Fsp3) is 0.625. The van der Waals surface area contributed by atoms with Gasteiger partial charge in [0.05, 0.1) is 10.0 Å². The number of benzene rings is 1. The van der Waals surface area contributed by atoms with Crippen molar-refractivity contribution in [3.05, 3.63) is 33.8 Å². The van der Waals surface area contributed by atoms with Gasteiger partial charge in [0, 0.05) is 25.2 Å². The van der Waals surface area contributed by atoms with Gasteiger partial charge in [0.25, 0.3) is 0 Å². The van der Waals surface area contributed by atoms with E-state index in [0.717, 1.165) is 25.1 Å². The van der Waals surface area contributed by atoms with Crippen LogP contribution in [0.15, 0.2) is 18.2 Å². The SMILES string of the molecule is CN(C)CC1CCCN1CCC(N)c1cccc(Cl)c1Cl. The molecular formula is C16H25Cl2N3. The van der Waals surface area contributed by atoms with Gasteiger partial charge < -0.3 is 10.6 Å². The number of halogens is 2. The summed E-state index contributed by atoms with van der Waals surface area (Å²) in [7, 11) is 4.27. The molecule has 0 saturated carbocycles. The third kappa shape index (κ3) is 4.57. The lowest BCUT2D eigenvalue weighted by molar-refractivity contribution is 0.202. The standard InChI is InChI=1S/C16H25Cl2N3/c1-20(2)11-12-5-4-9-21(12)10-8-15(19)13-6-3-7-14(17)16(13)18/h3,6-7,12,15H,4-5,8-11,19H2,1-2H3. The molecule has 1 aromatic carbocycles. The minimum absolute atomic E-state index is 0.0585. The Bertz CT molecular complexity index is 465. The van der Waals surface area contributed by atoms with Crippen LogP contribution in [0.4, 0.5) is 0 Å². The fourth-order valence-corrected chi connectivity index (χ4v) is 3.53. The molecule has 0 spiro atoms. The van der Waals surface area contributed by atoms with E-state index in [1.165, 1.54) is 19.4 Å². The lowest BCUT2D eigenvalue weighted by Crippen LogP contribution is -2.38. The van der Waals surface area contributed by atoms with Crippen LogP contribution in [0.1, 0.15) is 30.9 Å². The van der Waals surface area contributed by atoms with Gasteiger partial charge in [0.1, 0.15) is 0 Å². The highest BCUT2D eigenvalue weighted by Crippen LogP contribution is 2.30. The molecule has 0 radical (unpaired) electrons. The van der Waals surface area contributed by atoms with E-state index in [4.69, 9.17) is 28.9 Å². The highest BCUT2D eigenvalue weighted by Gasteiger charge is 2.25. The van der Waals surface area contributed by atoms with Gasteiger partial charge >= 0.3 is 0 Å². The van der Waals surface area contributed by atoms with Gasteiger partial charge in [0.15, 0.2) is 0 Å². The second kappa shape index (κ2) is 7.80. The summed E-state index contributed by atoms with van der Waals surface area (Å²) >= 11 is 12.3. The van der Waals surface area contributed by atoms with Crippen LogP contribution in [0.3, 0.4) is 0 Å². The molecule has 0 amide bonds. The largest absolute Gasteiger partial charge is 0.324 e. The third-order valence-electron chi connectivity index (χ3n) is 4.18. The third-order valence-corrected chi connectivity index (χ3v) is 5.02. The van der Waals surface area contributed by atoms with E-state index in [0.29, 0.717) is 16.1 Å². The van der Waals surface area contributed by atoms with Crippen LogP contribution >= 0.6 is 23.2 Å². The Kier molecular flexibility index (Phi) is 6.33. The monoisotopic (exact) mass is 329 g/mol. The average Bonchev–Trinajstić information content (AvgIpc) is 2.85. The van der Waals surface area contributed by atoms with Gasteiger partial charge in [0.2, 0.25) is 0 Å². The number of likely N-dealkylation sites (N-methyl/N-ethyl adjacent to an activating group) is 1. The molecule has 0 aromatic heterocycles. The van der Waals surface area contributed by atoms with Crippen LogP contribution in [0.2, 0.25) is 10.0 Å². The van der Waals surface area contributed by atoms with Crippen molar-refractivity contribution in [2.75, 3.05) is 33.7 Å². The molecule has 1 saturated heterocycles. The number of hydrogen-bond donors (Lipinski definition) is 1. The summed E-state index contributed by atoms with van der Waals surface area (Å²) in [5.74, 6) is 0. The van der Waals surface area contributed by atoms with E-state index in [2.05, 4.69) is 23.9 Å². The molecule has 0 aliphatic carbocycles. The smallest absolute Gasteiger partial charge is 0.0640 e. The molecule has 3 nitrogen and oxygen atoms in total. The zero-order valence-electron chi connectivity index (χ0n) is 12.9. The summed E-state index contributed by atoms with van der Waals surface area (Å²) in [4.78, 5) is 4.81. The van der Waals surface area contributed by atoms with Gasteiger partial charge in [-0.15, -0.1) is 0 Å². The van der Waals surface area contributed by atoms with Gasteiger partial charge in [-0.1, -0.05) is 35.3 Å². The van der Waals surface area contributed by atoms with Crippen LogP contribution in [-0.2, 0) is 0 Å². The molecule has 5 heteroatoms. The van der Waals surface area contributed by atoms with E-state index in [-0.39, 0.29) is 6.04 Å². The highest BCUT2D eigenvalue weighted by atomic mass is 35.5. The maximum Gasteiger partial charge on any atom is 0.0640 e. The molecule has 2 rings (SSSR count). The van der Waals surface area contributed by atoms with Crippen molar-refractivity contribution in [2.24, 2.45) is 5.73 Å². The van der Waals surface area contributed by atoms with Crippen molar-refractivity contribution in [2.45, 2.75) is 31.3 Å². The molecule has 2 N–H and O–H groups in total. The summed E-state index contributed by atoms with van der Waals surface area (Å²) in [6.07, 6.45) is 3.47. The fourth-order valence-electron chi connectivity index (χ4n) is 3.09. The summed E-state index contributed by atoms with van der Waals surface area (Å²) < 4.78 is 0. The Morgan fingerprint density at radius 3 is 2.86 bits per heavy atom. The van der Waals surface area contributed by atoms with Crippen LogP contribution in [0.5, 0.6) is 0 Å². The van der Waals surface area contributed by atoms with E-state index in [9.17, 15) is 0 Å². The number of rotatable bonds is 6. The Balaban J connectivity index is 1.91. The van der Waals surface area contributed by atoms with Crippen molar-refractivity contribution >= 4 is 23.2 Å². The molecule has 1 aliphatic rings. The van der Waals surface area contributed by atoms with Gasteiger partial charge in [-0.2, -0.15) is 0 Å². The van der Waals surface area contributed by atoms with Crippen LogP contribution < -0.4 is 5.73 Å². The Labute approximate surface area is 138 Å². The highest BCUT2D eigenvalue weighted by molar-refractivity contribution is 6.42. The summed E-state index contributed by atoms with van der Waals surface area (Å²) in [6, 6.07) is 6.28. The number of likely N-dealkylation sites (tertiary alicyclic amines) is 1. The molecule has 21 heavy (non-hydrogen) atoms. The zero-order valence-corrected chi connectivity index (χ0v) is 14.4. The molecule has 118 valence electrons. The van der Waals surface area contributed by atoms with Gasteiger partial charge in [-0.05, 0) is 51.5 Å². The first-order chi connectivity index (χ1) is 9.99. The second-order valence-corrected chi connectivity index (χ2v) is 6.92. The topological polar surface area (TPSA) is 32.5 Å². The molecule has 1 fully saturated rings. The van der Waals surface area contributed by atoms with Crippen LogP contribution in [-0.4, -0.2) is 49.6 Å². The van der Waals surface area contributed by atoms with Crippen molar-refractivity contribution < 1.29 is 0 Å². The second-order valence-electron chi connectivity index (χ2n) is 6.13. The Morgan fingerprint density at radius 2 is 2.14 bits per heavy atom. The molecule has 0 bridgehead atoms. The molecule has 1 heterocycles. The molecule has 2 unspecified atom stereocenters. The maximum absolute atomic E-state index is 6.31. The number of nitrogens with zero attached hydrogens (tertiary/aromatic N) is 2. The van der Waals surface area contributed by atoms with Crippen molar-refractivity contribution in [1.82, 2.24) is 9.80 Å². The summed E-state index contributed by atoms with van der Waals surface area (Å²) in [6.45, 7) is 3.31. The molecule has 1 aliphatic heterocycles. The quantitative estimate of drug-likeness (QED) is 0.868. The van der Waals surface area contributed by atoms with E-state index in [1.807, 2.05) is 12.1 Å². The number of nitrogens with two attached hydrogens (primary N) is 1. The first kappa shape index (κ1) is 17.0. The van der Waals surface area contributed by atoms with Crippen LogP contribution in [0.25, 0.3) is 0 Å². The Morgan fingerprint density at radius 1 is 1.38 bits per heavy atom. The first-order valence-electron chi connectivity index (χ1n) is 7.57. The van der Waals surface area contributed by atoms with E-state index in [1.54, 1.807) is 6.07 Å².